The number of hydrogen-bond donors (Lipinski definition) is 3. The molecule has 0 amide bonds. The maximum absolute atomic E-state index is 9.03. The molecule has 3 N–H and O–H groups in total. The summed E-state index contributed by atoms with van der Waals surface area (Å²) >= 11 is 0. The summed E-state index contributed by atoms with van der Waals surface area (Å²) in [7, 11) is 0. The first-order valence-electron chi connectivity index (χ1n) is 3.35. The molecule has 4 heteroatoms. The third-order valence-electron chi connectivity index (χ3n) is 1.56. The molecule has 60 valence electrons. The Bertz CT molecular complexity index is 95.9. The van der Waals surface area contributed by atoms with E-state index >= 15 is 0 Å². The molecule has 0 radical (unpaired) electrons. The monoisotopic (exact) mass is 148 g/mol. The van der Waals surface area contributed by atoms with Crippen molar-refractivity contribution in [3.63, 3.8) is 0 Å². The molecular weight excluding hydrogens is 136 g/mol. The molecule has 1 fully saturated rings. The van der Waals surface area contributed by atoms with E-state index in [-0.39, 0.29) is 13.0 Å². The Kier molecular flexibility index (Phi) is 2.62. The van der Waals surface area contributed by atoms with Gasteiger partial charge in [0.15, 0.2) is 6.29 Å². The van der Waals surface area contributed by atoms with Crippen LogP contribution in [0.3, 0.4) is 0 Å². The van der Waals surface area contributed by atoms with Gasteiger partial charge in [0.25, 0.3) is 0 Å². The van der Waals surface area contributed by atoms with Gasteiger partial charge in [0.2, 0.25) is 0 Å². The molecule has 3 atom stereocenters. The Morgan fingerprint density at radius 2 is 2.00 bits per heavy atom. The van der Waals surface area contributed by atoms with Gasteiger partial charge in [0.1, 0.15) is 0 Å². The van der Waals surface area contributed by atoms with Gasteiger partial charge >= 0.3 is 0 Å². The van der Waals surface area contributed by atoms with Crippen LogP contribution < -0.4 is 0 Å². The third-order valence-corrected chi connectivity index (χ3v) is 1.56. The minimum atomic E-state index is -0.916. The van der Waals surface area contributed by atoms with E-state index in [2.05, 4.69) is 0 Å². The van der Waals surface area contributed by atoms with Crippen LogP contribution in [-0.2, 0) is 4.74 Å². The molecule has 0 bridgehead atoms. The Morgan fingerprint density at radius 1 is 1.30 bits per heavy atom. The van der Waals surface area contributed by atoms with E-state index in [0.717, 1.165) is 0 Å². The van der Waals surface area contributed by atoms with Crippen molar-refractivity contribution in [1.82, 2.24) is 0 Å². The largest absolute Gasteiger partial charge is 0.394 e. The van der Waals surface area contributed by atoms with Crippen LogP contribution in [0.15, 0.2) is 0 Å². The number of aliphatic hydroxyl groups is 3. The molecule has 1 unspecified atom stereocenters. The van der Waals surface area contributed by atoms with Crippen molar-refractivity contribution >= 4 is 0 Å². The van der Waals surface area contributed by atoms with Crippen LogP contribution in [0.1, 0.15) is 12.8 Å². The van der Waals surface area contributed by atoms with E-state index in [1.807, 2.05) is 0 Å². The fraction of sp³-hybridized carbons (Fsp3) is 1.00. The molecule has 0 saturated carbocycles. The summed E-state index contributed by atoms with van der Waals surface area (Å²) in [5, 5.41) is 26.5. The maximum Gasteiger partial charge on any atom is 0.157 e. The third kappa shape index (κ3) is 1.91. The van der Waals surface area contributed by atoms with Gasteiger partial charge in [-0.1, -0.05) is 0 Å². The van der Waals surface area contributed by atoms with Crippen LogP contribution >= 0.6 is 0 Å². The van der Waals surface area contributed by atoms with Crippen LogP contribution in [0, 0.1) is 0 Å². The summed E-state index contributed by atoms with van der Waals surface area (Å²) in [5.74, 6) is 0. The second kappa shape index (κ2) is 3.30. The van der Waals surface area contributed by atoms with Crippen molar-refractivity contribution in [2.24, 2.45) is 0 Å². The number of rotatable bonds is 1. The lowest BCUT2D eigenvalue weighted by molar-refractivity contribution is -0.197. The van der Waals surface area contributed by atoms with Gasteiger partial charge in [-0.25, -0.2) is 0 Å². The first kappa shape index (κ1) is 7.94. The second-order valence-corrected chi connectivity index (χ2v) is 2.52. The lowest BCUT2D eigenvalue weighted by Crippen LogP contribution is -2.37. The second-order valence-electron chi connectivity index (χ2n) is 2.52. The van der Waals surface area contributed by atoms with Crippen molar-refractivity contribution in [1.29, 1.82) is 0 Å². The average Bonchev–Trinajstić information content (AvgIpc) is 1.85. The van der Waals surface area contributed by atoms with Crippen LogP contribution in [0.2, 0.25) is 0 Å². The van der Waals surface area contributed by atoms with Crippen LogP contribution in [0.5, 0.6) is 0 Å². The zero-order chi connectivity index (χ0) is 7.56. The normalized spacial score (nSPS) is 41.7. The average molecular weight is 148 g/mol. The molecule has 1 saturated heterocycles. The first-order valence-corrected chi connectivity index (χ1v) is 3.35. The molecule has 1 rings (SSSR count). The van der Waals surface area contributed by atoms with Crippen molar-refractivity contribution in [3.05, 3.63) is 0 Å². The van der Waals surface area contributed by atoms with Crippen molar-refractivity contribution in [3.8, 4) is 0 Å². The minimum absolute atomic E-state index is 0.145. The zero-order valence-corrected chi connectivity index (χ0v) is 5.60. The molecule has 4 nitrogen and oxygen atoms in total. The smallest absolute Gasteiger partial charge is 0.157 e. The molecule has 0 aromatic heterocycles. The van der Waals surface area contributed by atoms with Gasteiger partial charge in [0.05, 0.1) is 18.8 Å². The number of aliphatic hydroxyl groups excluding tert-OH is 3. The van der Waals surface area contributed by atoms with Gasteiger partial charge in [-0.15, -0.1) is 0 Å². The predicted molar refractivity (Wildman–Crippen MR) is 33.2 cm³/mol. The Balaban J connectivity index is 2.35. The van der Waals surface area contributed by atoms with Crippen molar-refractivity contribution < 1.29 is 20.1 Å². The fourth-order valence-corrected chi connectivity index (χ4v) is 1.08. The van der Waals surface area contributed by atoms with Gasteiger partial charge in [-0.3, -0.25) is 0 Å². The van der Waals surface area contributed by atoms with Gasteiger partial charge in [-0.2, -0.15) is 0 Å². The first-order chi connectivity index (χ1) is 4.72. The Morgan fingerprint density at radius 3 is 2.50 bits per heavy atom. The highest BCUT2D eigenvalue weighted by Gasteiger charge is 2.25. The number of hydrogen-bond acceptors (Lipinski definition) is 4. The lowest BCUT2D eigenvalue weighted by Gasteiger charge is -2.28. The standard InChI is InChI=1S/C6H12O4/c7-3-5-1-4(8)2-6(9)10-5/h4-9H,1-3H2/t4-,5?,6-/m0/s1. The summed E-state index contributed by atoms with van der Waals surface area (Å²) in [6, 6.07) is 0. The topological polar surface area (TPSA) is 69.9 Å². The molecule has 0 spiro atoms. The number of ether oxygens (including phenoxy) is 1. The van der Waals surface area contributed by atoms with Crippen LogP contribution in [0.4, 0.5) is 0 Å². The summed E-state index contributed by atoms with van der Waals surface area (Å²) in [4.78, 5) is 0. The molecule has 10 heavy (non-hydrogen) atoms. The predicted octanol–water partition coefficient (Wildman–Crippen LogP) is -1.16. The molecule has 0 aliphatic carbocycles. The highest BCUT2D eigenvalue weighted by Crippen LogP contribution is 2.17. The van der Waals surface area contributed by atoms with Gasteiger partial charge < -0.3 is 20.1 Å². The van der Waals surface area contributed by atoms with Gasteiger partial charge in [-0.05, 0) is 0 Å². The Hall–Kier alpha value is -0.160. The van der Waals surface area contributed by atoms with E-state index in [0.29, 0.717) is 6.42 Å². The van der Waals surface area contributed by atoms with E-state index < -0.39 is 18.5 Å². The van der Waals surface area contributed by atoms with Crippen LogP contribution in [-0.4, -0.2) is 40.4 Å². The minimum Gasteiger partial charge on any atom is -0.394 e. The molecule has 0 aromatic carbocycles. The highest BCUT2D eigenvalue weighted by molar-refractivity contribution is 4.71. The van der Waals surface area contributed by atoms with Crippen LogP contribution in [0.25, 0.3) is 0 Å². The Labute approximate surface area is 59.1 Å². The summed E-state index contributed by atoms with van der Waals surface area (Å²) in [6.45, 7) is -0.145. The maximum atomic E-state index is 9.03. The van der Waals surface area contributed by atoms with Crippen molar-refractivity contribution in [2.75, 3.05) is 6.61 Å². The molecule has 1 heterocycles. The van der Waals surface area contributed by atoms with E-state index in [4.69, 9.17) is 20.1 Å². The van der Waals surface area contributed by atoms with E-state index in [9.17, 15) is 0 Å². The lowest BCUT2D eigenvalue weighted by atomic mass is 10.1. The van der Waals surface area contributed by atoms with E-state index in [1.165, 1.54) is 0 Å². The molecular formula is C6H12O4. The molecule has 0 aromatic rings. The van der Waals surface area contributed by atoms with Crippen molar-refractivity contribution in [2.45, 2.75) is 31.3 Å². The molecule has 1 aliphatic rings. The zero-order valence-electron chi connectivity index (χ0n) is 5.60. The quantitative estimate of drug-likeness (QED) is 0.438. The highest BCUT2D eigenvalue weighted by atomic mass is 16.6. The summed E-state index contributed by atoms with van der Waals surface area (Å²) in [6.07, 6.45) is -1.20. The van der Waals surface area contributed by atoms with Gasteiger partial charge in [0, 0.05) is 12.8 Å². The summed E-state index contributed by atoms with van der Waals surface area (Å²) < 4.78 is 4.85. The SMILES string of the molecule is OCC1C[C@H](O)C[C@@H](O)O1. The fourth-order valence-electron chi connectivity index (χ4n) is 1.08. The van der Waals surface area contributed by atoms with E-state index in [1.54, 1.807) is 0 Å². The summed E-state index contributed by atoms with van der Waals surface area (Å²) in [5.41, 5.74) is 0. The molecule has 1 aliphatic heterocycles.